The Morgan fingerprint density at radius 2 is 0.729 bits per heavy atom. The molecule has 0 bridgehead atoms. The fourth-order valence-electron chi connectivity index (χ4n) is 8.67. The molecule has 9 aromatic carbocycles. The van der Waals surface area contributed by atoms with Gasteiger partial charge >= 0.3 is 0 Å². The van der Waals surface area contributed by atoms with Crippen LogP contribution < -0.4 is 0 Å². The van der Waals surface area contributed by atoms with Gasteiger partial charge in [0, 0.05) is 43.1 Å². The predicted molar refractivity (Wildman–Crippen MR) is 248 cm³/mol. The van der Waals surface area contributed by atoms with Crippen LogP contribution in [0.25, 0.3) is 120 Å². The van der Waals surface area contributed by atoms with Crippen molar-refractivity contribution in [2.24, 2.45) is 0 Å². The molecule has 59 heavy (non-hydrogen) atoms. The summed E-state index contributed by atoms with van der Waals surface area (Å²) >= 11 is 1.83. The molecule has 12 aromatic rings. The Bertz CT molecular complexity index is 3500. The summed E-state index contributed by atoms with van der Waals surface area (Å²) in [6, 6.07) is 68.6. The molecule has 0 saturated carbocycles. The van der Waals surface area contributed by atoms with Crippen LogP contribution in [0.4, 0.5) is 0 Å². The normalized spacial score (nSPS) is 11.7. The Hall–Kier alpha value is -7.60. The highest BCUT2D eigenvalue weighted by Crippen LogP contribution is 2.45. The van der Waals surface area contributed by atoms with Gasteiger partial charge in [-0.15, -0.1) is 11.3 Å². The van der Waals surface area contributed by atoms with Crippen molar-refractivity contribution in [2.75, 3.05) is 0 Å². The van der Waals surface area contributed by atoms with Gasteiger partial charge < -0.3 is 0 Å². The fraction of sp³-hybridized carbons (Fsp3) is 0. The van der Waals surface area contributed by atoms with E-state index < -0.39 is 0 Å². The van der Waals surface area contributed by atoms with E-state index in [1.807, 2.05) is 72.0 Å². The number of thiophene rings is 1. The molecule has 3 heterocycles. The smallest absolute Gasteiger partial charge is 0.164 e. The van der Waals surface area contributed by atoms with E-state index in [1.54, 1.807) is 0 Å². The van der Waals surface area contributed by atoms with Gasteiger partial charge in [-0.25, -0.2) is 19.9 Å². The molecule has 4 nitrogen and oxygen atoms in total. The maximum atomic E-state index is 5.53. The van der Waals surface area contributed by atoms with Gasteiger partial charge in [-0.2, -0.15) is 0 Å². The van der Waals surface area contributed by atoms with Crippen molar-refractivity contribution in [2.45, 2.75) is 0 Å². The van der Waals surface area contributed by atoms with Crippen molar-refractivity contribution in [1.29, 1.82) is 0 Å². The average Bonchev–Trinajstić information content (AvgIpc) is 3.72. The summed E-state index contributed by atoms with van der Waals surface area (Å²) < 4.78 is 2.47. The second-order valence-corrected chi connectivity index (χ2v) is 16.0. The lowest BCUT2D eigenvalue weighted by Gasteiger charge is -2.13. The van der Waals surface area contributed by atoms with Crippen LogP contribution in [-0.4, -0.2) is 19.9 Å². The Morgan fingerprint density at radius 1 is 0.288 bits per heavy atom. The molecule has 0 aliphatic heterocycles. The standard InChI is InChI=1S/C54H32N4S/c1-3-13-34(14-4-1)52-56-53(35-15-5-2-6-16-35)58-54(57-52)36-25-23-33(24-26-36)37-27-30-44-47(32-37)55-50(51-49(44)45-21-11-12-22-48(45)59-51)38-28-29-43-41-19-8-7-17-39(41)40-18-9-10-20-42(40)46(43)31-38/h1-32H. The minimum atomic E-state index is 0.636. The topological polar surface area (TPSA) is 51.6 Å². The van der Waals surface area contributed by atoms with E-state index in [4.69, 9.17) is 19.9 Å². The summed E-state index contributed by atoms with van der Waals surface area (Å²) in [5, 5.41) is 11.3. The summed E-state index contributed by atoms with van der Waals surface area (Å²) in [6.07, 6.45) is 0. The Morgan fingerprint density at radius 3 is 1.34 bits per heavy atom. The van der Waals surface area contributed by atoms with E-state index in [-0.39, 0.29) is 0 Å². The number of hydrogen-bond acceptors (Lipinski definition) is 5. The van der Waals surface area contributed by atoms with E-state index >= 15 is 0 Å². The monoisotopic (exact) mass is 768 g/mol. The zero-order valence-electron chi connectivity index (χ0n) is 31.7. The second-order valence-electron chi connectivity index (χ2n) is 15.0. The van der Waals surface area contributed by atoms with Crippen molar-refractivity contribution >= 4 is 74.7 Å². The van der Waals surface area contributed by atoms with Crippen LogP contribution in [0.5, 0.6) is 0 Å². The Kier molecular flexibility index (Phi) is 7.68. The highest BCUT2D eigenvalue weighted by atomic mass is 32.1. The Labute approximate surface area is 343 Å². The second kappa shape index (κ2) is 13.5. The summed E-state index contributed by atoms with van der Waals surface area (Å²) in [4.78, 5) is 20.3. The number of fused-ring (bicyclic) bond motifs is 11. The SMILES string of the molecule is c1ccc(-c2nc(-c3ccccc3)nc(-c3ccc(-c4ccc5c(c4)nc(-c4ccc6c7ccccc7c7ccccc7c6c4)c4sc6ccccc6c45)cc3)n2)cc1. The molecule has 0 spiro atoms. The first kappa shape index (κ1) is 33.5. The van der Waals surface area contributed by atoms with Crippen LogP contribution in [0.3, 0.4) is 0 Å². The highest BCUT2D eigenvalue weighted by Gasteiger charge is 2.19. The molecule has 12 rings (SSSR count). The maximum absolute atomic E-state index is 5.53. The molecule has 5 heteroatoms. The molecule has 0 atom stereocenters. The van der Waals surface area contributed by atoms with Gasteiger partial charge in [0.1, 0.15) is 0 Å². The molecule has 0 N–H and O–H groups in total. The van der Waals surface area contributed by atoms with E-state index in [0.29, 0.717) is 17.5 Å². The lowest BCUT2D eigenvalue weighted by molar-refractivity contribution is 1.07. The number of nitrogens with zero attached hydrogens (tertiary/aromatic N) is 4. The lowest BCUT2D eigenvalue weighted by Crippen LogP contribution is -2.00. The molecule has 274 valence electrons. The molecule has 0 amide bonds. The number of pyridine rings is 1. The molecular formula is C54H32N4S. The predicted octanol–water partition coefficient (Wildman–Crippen LogP) is 14.6. The fourth-order valence-corrected chi connectivity index (χ4v) is 9.89. The van der Waals surface area contributed by atoms with Gasteiger partial charge in [-0.1, -0.05) is 176 Å². The first-order chi connectivity index (χ1) is 29.2. The average molecular weight is 769 g/mol. The lowest BCUT2D eigenvalue weighted by atomic mass is 9.92. The third-order valence-electron chi connectivity index (χ3n) is 11.5. The van der Waals surface area contributed by atoms with Crippen molar-refractivity contribution in [3.63, 3.8) is 0 Å². The molecule has 0 aliphatic carbocycles. The molecule has 0 aliphatic rings. The number of benzene rings is 9. The van der Waals surface area contributed by atoms with Crippen LogP contribution in [0, 0.1) is 0 Å². The summed E-state index contributed by atoms with van der Waals surface area (Å²) in [7, 11) is 0. The summed E-state index contributed by atoms with van der Waals surface area (Å²) in [5.74, 6) is 1.93. The van der Waals surface area contributed by atoms with Crippen molar-refractivity contribution in [3.05, 3.63) is 194 Å². The number of hydrogen-bond donors (Lipinski definition) is 0. The van der Waals surface area contributed by atoms with Crippen molar-refractivity contribution in [1.82, 2.24) is 19.9 Å². The van der Waals surface area contributed by atoms with Gasteiger partial charge in [0.2, 0.25) is 0 Å². The van der Waals surface area contributed by atoms with Crippen LogP contribution in [0.2, 0.25) is 0 Å². The van der Waals surface area contributed by atoms with Crippen LogP contribution in [-0.2, 0) is 0 Å². The van der Waals surface area contributed by atoms with Gasteiger partial charge in [0.25, 0.3) is 0 Å². The van der Waals surface area contributed by atoms with Gasteiger partial charge in [0.15, 0.2) is 17.5 Å². The van der Waals surface area contributed by atoms with Crippen molar-refractivity contribution in [3.8, 4) is 56.5 Å². The van der Waals surface area contributed by atoms with Gasteiger partial charge in [0.05, 0.1) is 15.9 Å². The van der Waals surface area contributed by atoms with E-state index in [9.17, 15) is 0 Å². The molecular weight excluding hydrogens is 737 g/mol. The molecule has 0 saturated heterocycles. The van der Waals surface area contributed by atoms with E-state index in [1.165, 1.54) is 52.5 Å². The third-order valence-corrected chi connectivity index (χ3v) is 12.7. The zero-order valence-corrected chi connectivity index (χ0v) is 32.5. The Balaban J connectivity index is 1.00. The van der Waals surface area contributed by atoms with Gasteiger partial charge in [-0.3, -0.25) is 0 Å². The third kappa shape index (κ3) is 5.58. The van der Waals surface area contributed by atoms with Crippen LogP contribution in [0.1, 0.15) is 0 Å². The van der Waals surface area contributed by atoms with Crippen molar-refractivity contribution < 1.29 is 0 Å². The molecule has 3 aromatic heterocycles. The van der Waals surface area contributed by atoms with E-state index in [0.717, 1.165) is 50.0 Å². The van der Waals surface area contributed by atoms with E-state index in [2.05, 4.69) is 133 Å². The first-order valence-electron chi connectivity index (χ1n) is 19.8. The maximum Gasteiger partial charge on any atom is 0.164 e. The molecule has 0 unspecified atom stereocenters. The summed E-state index contributed by atoms with van der Waals surface area (Å²) in [5.41, 5.74) is 8.12. The zero-order chi connectivity index (χ0) is 38.9. The quantitative estimate of drug-likeness (QED) is 0.164. The van der Waals surface area contributed by atoms with Gasteiger partial charge in [-0.05, 0) is 61.6 Å². The largest absolute Gasteiger partial charge is 0.246 e. The van der Waals surface area contributed by atoms with Crippen LogP contribution >= 0.6 is 11.3 Å². The minimum absolute atomic E-state index is 0.636. The minimum Gasteiger partial charge on any atom is -0.246 e. The van der Waals surface area contributed by atoms with Crippen LogP contribution in [0.15, 0.2) is 194 Å². The summed E-state index contributed by atoms with van der Waals surface area (Å²) in [6.45, 7) is 0. The number of rotatable bonds is 5. The highest BCUT2D eigenvalue weighted by molar-refractivity contribution is 7.26. The number of aromatic nitrogens is 4. The first-order valence-corrected chi connectivity index (χ1v) is 20.6. The molecule has 0 radical (unpaired) electrons. The molecule has 0 fully saturated rings.